The molecule has 4 rings (SSSR count). The Morgan fingerprint density at radius 1 is 1.06 bits per heavy atom. The summed E-state index contributed by atoms with van der Waals surface area (Å²) in [6, 6.07) is 12.9. The summed E-state index contributed by atoms with van der Waals surface area (Å²) in [5, 5.41) is 0. The van der Waals surface area contributed by atoms with E-state index < -0.39 is 25.8 Å². The molecule has 11 heteroatoms. The van der Waals surface area contributed by atoms with Gasteiger partial charge >= 0.3 is 0 Å². The van der Waals surface area contributed by atoms with Crippen molar-refractivity contribution in [2.24, 2.45) is 11.7 Å². The molecule has 0 saturated carbocycles. The number of rotatable bonds is 5. The normalized spacial score (nSPS) is 24.3. The van der Waals surface area contributed by atoms with Gasteiger partial charge in [-0.05, 0) is 30.0 Å². The second-order valence-electron chi connectivity index (χ2n) is 8.26. The van der Waals surface area contributed by atoms with Gasteiger partial charge in [0.25, 0.3) is 10.0 Å². The van der Waals surface area contributed by atoms with Crippen molar-refractivity contribution in [3.05, 3.63) is 52.9 Å². The number of nitrogens with zero attached hydrogens (tertiary/aromatic N) is 2. The Balaban J connectivity index is 1.61. The minimum atomic E-state index is -3.78. The van der Waals surface area contributed by atoms with Crippen LogP contribution in [0.4, 0.5) is 0 Å². The maximum Gasteiger partial charge on any atom is 0.252 e. The van der Waals surface area contributed by atoms with Crippen LogP contribution in [0.15, 0.2) is 46.7 Å². The Hall–Kier alpha value is -1.79. The number of hydrogen-bond acceptors (Lipinski definition) is 7. The van der Waals surface area contributed by atoms with Crippen molar-refractivity contribution in [3.8, 4) is 0 Å². The highest BCUT2D eigenvalue weighted by atomic mass is 32.2. The Bertz CT molecular complexity index is 1160. The zero-order valence-corrected chi connectivity index (χ0v) is 20.0. The van der Waals surface area contributed by atoms with E-state index in [0.717, 1.165) is 21.8 Å². The third kappa shape index (κ3) is 4.91. The Labute approximate surface area is 193 Å². The molecule has 2 aromatic rings. The molecule has 2 saturated heterocycles. The van der Waals surface area contributed by atoms with Gasteiger partial charge in [-0.3, -0.25) is 4.79 Å². The first kappa shape index (κ1) is 23.4. The largest absolute Gasteiger partial charge is 0.340 e. The van der Waals surface area contributed by atoms with Gasteiger partial charge in [0, 0.05) is 37.6 Å². The van der Waals surface area contributed by atoms with Gasteiger partial charge in [0.2, 0.25) is 5.91 Å². The number of carbonyl (C=O) groups is 1. The van der Waals surface area contributed by atoms with E-state index in [1.54, 1.807) is 17.0 Å². The van der Waals surface area contributed by atoms with Gasteiger partial charge in [0.05, 0.1) is 17.4 Å². The molecule has 174 valence electrons. The van der Waals surface area contributed by atoms with Crippen molar-refractivity contribution in [3.63, 3.8) is 0 Å². The summed E-state index contributed by atoms with van der Waals surface area (Å²) in [6.07, 6.45) is 0.524. The average Bonchev–Trinajstić information content (AvgIpc) is 3.29. The van der Waals surface area contributed by atoms with Gasteiger partial charge in [-0.2, -0.15) is 4.31 Å². The molecule has 2 fully saturated rings. The number of piperidine rings is 1. The first-order valence-electron chi connectivity index (χ1n) is 10.5. The molecule has 2 atom stereocenters. The van der Waals surface area contributed by atoms with Gasteiger partial charge in [-0.1, -0.05) is 30.3 Å². The Morgan fingerprint density at radius 2 is 1.75 bits per heavy atom. The summed E-state index contributed by atoms with van der Waals surface area (Å²) in [7, 11) is -6.89. The van der Waals surface area contributed by atoms with Crippen molar-refractivity contribution < 1.29 is 21.6 Å². The molecule has 1 aromatic carbocycles. The van der Waals surface area contributed by atoms with Crippen LogP contribution in [0.5, 0.6) is 0 Å². The van der Waals surface area contributed by atoms with E-state index in [-0.39, 0.29) is 53.7 Å². The van der Waals surface area contributed by atoms with Crippen molar-refractivity contribution >= 4 is 37.1 Å². The lowest BCUT2D eigenvalue weighted by Gasteiger charge is -2.39. The maximum absolute atomic E-state index is 13.4. The van der Waals surface area contributed by atoms with Crippen LogP contribution in [-0.4, -0.2) is 69.6 Å². The SMILES string of the molecule is NCc1ccc(S(=O)(=O)N2C[C@H](C(=O)N3CCS(=O)(=O)CC3)C[C@@H](c3ccccc3)C2)s1. The molecule has 2 aliphatic rings. The van der Waals surface area contributed by atoms with E-state index in [0.29, 0.717) is 13.0 Å². The summed E-state index contributed by atoms with van der Waals surface area (Å²) < 4.78 is 52.0. The molecule has 0 bridgehead atoms. The fourth-order valence-electron chi connectivity index (χ4n) is 4.33. The highest BCUT2D eigenvalue weighted by Crippen LogP contribution is 2.35. The summed E-state index contributed by atoms with van der Waals surface area (Å²) >= 11 is 1.15. The van der Waals surface area contributed by atoms with Crippen LogP contribution >= 0.6 is 11.3 Å². The quantitative estimate of drug-likeness (QED) is 0.665. The first-order chi connectivity index (χ1) is 15.2. The molecule has 1 aromatic heterocycles. The average molecular weight is 498 g/mol. The van der Waals surface area contributed by atoms with Gasteiger partial charge in [0.1, 0.15) is 4.21 Å². The minimum absolute atomic E-state index is 0.0490. The molecule has 2 aliphatic heterocycles. The monoisotopic (exact) mass is 497 g/mol. The number of benzene rings is 1. The molecular weight excluding hydrogens is 470 g/mol. The van der Waals surface area contributed by atoms with Crippen LogP contribution in [0, 0.1) is 5.92 Å². The molecule has 8 nitrogen and oxygen atoms in total. The Morgan fingerprint density at radius 3 is 2.38 bits per heavy atom. The number of thiophene rings is 1. The third-order valence-electron chi connectivity index (χ3n) is 6.13. The highest BCUT2D eigenvalue weighted by Gasteiger charge is 2.40. The minimum Gasteiger partial charge on any atom is -0.340 e. The summed E-state index contributed by atoms with van der Waals surface area (Å²) in [5.41, 5.74) is 6.64. The van der Waals surface area contributed by atoms with Crippen molar-refractivity contribution in [1.29, 1.82) is 0 Å². The second kappa shape index (κ2) is 9.22. The van der Waals surface area contributed by atoms with Crippen molar-refractivity contribution in [1.82, 2.24) is 9.21 Å². The topological polar surface area (TPSA) is 118 Å². The standard InChI is InChI=1S/C21H27N3O5S3/c22-13-19-6-7-20(30-19)32(28,29)24-14-17(16-4-2-1-3-5-16)12-18(15-24)21(25)23-8-10-31(26,27)11-9-23/h1-7,17-18H,8-15,22H2/t17-,18-/m1/s1. The van der Waals surface area contributed by atoms with Crippen molar-refractivity contribution in [2.75, 3.05) is 37.7 Å². The van der Waals surface area contributed by atoms with Crippen LogP contribution < -0.4 is 5.73 Å². The number of amides is 1. The fourth-order valence-corrected chi connectivity index (χ4v) is 8.45. The van der Waals surface area contributed by atoms with E-state index in [9.17, 15) is 21.6 Å². The van der Waals surface area contributed by atoms with E-state index in [1.165, 1.54) is 4.31 Å². The zero-order valence-electron chi connectivity index (χ0n) is 17.6. The van der Waals surface area contributed by atoms with Crippen LogP contribution in [0.1, 0.15) is 22.8 Å². The number of sulfonamides is 1. The lowest BCUT2D eigenvalue weighted by Crippen LogP contribution is -2.51. The van der Waals surface area contributed by atoms with Gasteiger partial charge in [0.15, 0.2) is 9.84 Å². The van der Waals surface area contributed by atoms with Crippen LogP contribution in [0.2, 0.25) is 0 Å². The van der Waals surface area contributed by atoms with Gasteiger partial charge in [-0.25, -0.2) is 16.8 Å². The predicted octanol–water partition coefficient (Wildman–Crippen LogP) is 1.26. The number of hydrogen-bond donors (Lipinski definition) is 1. The Kier molecular flexibility index (Phi) is 6.73. The molecule has 1 amide bonds. The van der Waals surface area contributed by atoms with E-state index in [2.05, 4.69) is 0 Å². The molecule has 0 spiro atoms. The van der Waals surface area contributed by atoms with E-state index in [1.807, 2.05) is 30.3 Å². The maximum atomic E-state index is 13.4. The summed E-state index contributed by atoms with van der Waals surface area (Å²) in [6.45, 7) is 0.964. The summed E-state index contributed by atoms with van der Waals surface area (Å²) in [4.78, 5) is 15.6. The number of sulfone groups is 1. The molecule has 0 unspecified atom stereocenters. The lowest BCUT2D eigenvalue weighted by molar-refractivity contribution is -0.136. The molecule has 32 heavy (non-hydrogen) atoms. The molecule has 3 heterocycles. The third-order valence-corrected chi connectivity index (χ3v) is 11.1. The first-order valence-corrected chi connectivity index (χ1v) is 14.6. The number of carbonyl (C=O) groups excluding carboxylic acids is 1. The van der Waals surface area contributed by atoms with Gasteiger partial charge < -0.3 is 10.6 Å². The van der Waals surface area contributed by atoms with Crippen molar-refractivity contribution in [2.45, 2.75) is 23.1 Å². The fraction of sp³-hybridized carbons (Fsp3) is 0.476. The van der Waals surface area contributed by atoms with E-state index in [4.69, 9.17) is 5.73 Å². The van der Waals surface area contributed by atoms with Crippen LogP contribution in [0.25, 0.3) is 0 Å². The highest BCUT2D eigenvalue weighted by molar-refractivity contribution is 7.91. The second-order valence-corrected chi connectivity index (χ2v) is 13.9. The smallest absolute Gasteiger partial charge is 0.252 e. The van der Waals surface area contributed by atoms with E-state index >= 15 is 0 Å². The number of nitrogens with two attached hydrogens (primary N) is 1. The van der Waals surface area contributed by atoms with Crippen LogP contribution in [-0.2, 0) is 31.2 Å². The molecule has 0 aliphatic carbocycles. The zero-order chi connectivity index (χ0) is 22.9. The summed E-state index contributed by atoms with van der Waals surface area (Å²) in [5.74, 6) is -0.927. The van der Waals surface area contributed by atoms with Gasteiger partial charge in [-0.15, -0.1) is 11.3 Å². The molecule has 0 radical (unpaired) electrons. The lowest BCUT2D eigenvalue weighted by atomic mass is 9.85. The molecular formula is C21H27N3O5S3. The molecule has 2 N–H and O–H groups in total. The van der Waals surface area contributed by atoms with Crippen LogP contribution in [0.3, 0.4) is 0 Å². The predicted molar refractivity (Wildman–Crippen MR) is 123 cm³/mol.